The van der Waals surface area contributed by atoms with E-state index in [1.54, 1.807) is 7.11 Å². The molecule has 4 aromatic rings. The van der Waals surface area contributed by atoms with Crippen molar-refractivity contribution in [1.82, 2.24) is 24.5 Å². The van der Waals surface area contributed by atoms with E-state index in [4.69, 9.17) is 21.3 Å². The molecule has 1 aliphatic heterocycles. The molecule has 9 heteroatoms. The van der Waals surface area contributed by atoms with Gasteiger partial charge in [-0.25, -0.2) is 9.38 Å². The fraction of sp³-hybridized carbons (Fsp3) is 0.360. The molecule has 34 heavy (non-hydrogen) atoms. The number of hydrogen-bond acceptors (Lipinski definition) is 6. The van der Waals surface area contributed by atoms with Crippen LogP contribution in [0.4, 0.5) is 5.95 Å². The third kappa shape index (κ3) is 3.44. The molecule has 6 rings (SSSR count). The molecule has 0 bridgehead atoms. The van der Waals surface area contributed by atoms with E-state index in [2.05, 4.69) is 15.1 Å². The van der Waals surface area contributed by atoms with Gasteiger partial charge < -0.3 is 14.5 Å². The smallest absolute Gasteiger partial charge is 0.225 e. The number of amides is 1. The number of fused-ring (bicyclic) bond motifs is 3. The van der Waals surface area contributed by atoms with Gasteiger partial charge in [-0.1, -0.05) is 30.2 Å². The molecule has 2 aliphatic rings. The summed E-state index contributed by atoms with van der Waals surface area (Å²) in [5.41, 5.74) is 2.32. The molecule has 1 aliphatic carbocycles. The molecule has 0 spiro atoms. The molecule has 2 aromatic carbocycles. The van der Waals surface area contributed by atoms with Crippen LogP contribution in [-0.4, -0.2) is 63.7 Å². The molecule has 0 unspecified atom stereocenters. The van der Waals surface area contributed by atoms with Crippen LogP contribution in [0, 0.1) is 5.92 Å². The second-order valence-corrected chi connectivity index (χ2v) is 9.33. The Morgan fingerprint density at radius 2 is 1.85 bits per heavy atom. The number of methoxy groups -OCH3 is 1. The summed E-state index contributed by atoms with van der Waals surface area (Å²) in [6, 6.07) is 13.4. The lowest BCUT2D eigenvalue weighted by Gasteiger charge is -2.38. The molecule has 3 heterocycles. The molecular weight excluding hydrogens is 452 g/mol. The van der Waals surface area contributed by atoms with Crippen molar-refractivity contribution in [2.75, 3.05) is 38.2 Å². The lowest BCUT2D eigenvalue weighted by Crippen LogP contribution is -2.51. The first-order valence-electron chi connectivity index (χ1n) is 11.7. The van der Waals surface area contributed by atoms with E-state index >= 15 is 0 Å². The number of piperazine rings is 1. The van der Waals surface area contributed by atoms with E-state index in [9.17, 15) is 4.79 Å². The number of aromatic nitrogens is 4. The molecule has 0 atom stereocenters. The minimum Gasteiger partial charge on any atom is -0.496 e. The minimum atomic E-state index is 0.217. The third-order valence-corrected chi connectivity index (χ3v) is 7.20. The number of para-hydroxylation sites is 1. The summed E-state index contributed by atoms with van der Waals surface area (Å²) in [5.74, 6) is 2.64. The summed E-state index contributed by atoms with van der Waals surface area (Å²) >= 11 is 6.29. The van der Waals surface area contributed by atoms with Gasteiger partial charge in [-0.3, -0.25) is 4.79 Å². The summed E-state index contributed by atoms with van der Waals surface area (Å²) in [5, 5.41) is 10.6. The van der Waals surface area contributed by atoms with Gasteiger partial charge in [-0.2, -0.15) is 0 Å². The van der Waals surface area contributed by atoms with Crippen LogP contribution in [0.3, 0.4) is 0 Å². The van der Waals surface area contributed by atoms with Crippen molar-refractivity contribution in [3.63, 3.8) is 0 Å². The highest BCUT2D eigenvalue weighted by Crippen LogP contribution is 2.34. The Balaban J connectivity index is 1.45. The van der Waals surface area contributed by atoms with E-state index in [1.165, 1.54) is 0 Å². The zero-order valence-corrected chi connectivity index (χ0v) is 19.7. The van der Waals surface area contributed by atoms with Gasteiger partial charge in [0.25, 0.3) is 0 Å². The Morgan fingerprint density at radius 3 is 2.59 bits per heavy atom. The number of carbonyl (C=O) groups excluding carboxylic acids is 1. The molecule has 0 radical (unpaired) electrons. The summed E-state index contributed by atoms with van der Waals surface area (Å²) in [6.45, 7) is 2.74. The first-order valence-corrected chi connectivity index (χ1v) is 12.0. The predicted molar refractivity (Wildman–Crippen MR) is 131 cm³/mol. The first-order chi connectivity index (χ1) is 16.6. The maximum absolute atomic E-state index is 12.8. The SMILES string of the molecule is COc1ccccc1-c1nnc2c3ccc(Cl)cc3nc(N3CCN(C(=O)C4CCC4)CC3)n12. The zero-order valence-electron chi connectivity index (χ0n) is 18.9. The third-order valence-electron chi connectivity index (χ3n) is 6.96. The number of nitrogens with zero attached hydrogens (tertiary/aromatic N) is 6. The van der Waals surface area contributed by atoms with E-state index in [-0.39, 0.29) is 5.92 Å². The van der Waals surface area contributed by atoms with Crippen molar-refractivity contribution in [2.45, 2.75) is 19.3 Å². The van der Waals surface area contributed by atoms with Gasteiger partial charge in [0.05, 0.1) is 18.2 Å². The molecule has 2 fully saturated rings. The predicted octanol–water partition coefficient (Wildman–Crippen LogP) is 4.06. The largest absolute Gasteiger partial charge is 0.496 e. The van der Waals surface area contributed by atoms with Gasteiger partial charge in [-0.15, -0.1) is 10.2 Å². The Hall–Kier alpha value is -3.39. The summed E-state index contributed by atoms with van der Waals surface area (Å²) in [7, 11) is 1.65. The Kier molecular flexibility index (Phi) is 5.25. The van der Waals surface area contributed by atoms with Gasteiger partial charge in [0.1, 0.15) is 5.75 Å². The fourth-order valence-corrected chi connectivity index (χ4v) is 5.01. The molecule has 1 saturated carbocycles. The highest BCUT2D eigenvalue weighted by Gasteiger charge is 2.32. The van der Waals surface area contributed by atoms with Gasteiger partial charge >= 0.3 is 0 Å². The quantitative estimate of drug-likeness (QED) is 0.442. The molecule has 8 nitrogen and oxygen atoms in total. The first kappa shape index (κ1) is 21.2. The van der Waals surface area contributed by atoms with Crippen molar-refractivity contribution in [3.8, 4) is 17.1 Å². The standard InChI is InChI=1S/C25H25ClN6O2/c1-34-21-8-3-2-7-19(21)23-29-28-22-18-10-9-17(26)15-20(18)27-25(32(22)23)31-13-11-30(12-14-31)24(33)16-5-4-6-16/h2-3,7-10,15-16H,4-6,11-14H2,1H3. The van der Waals surface area contributed by atoms with Crippen molar-refractivity contribution >= 4 is 40.0 Å². The second kappa shape index (κ2) is 8.43. The highest BCUT2D eigenvalue weighted by atomic mass is 35.5. The Bertz CT molecular complexity index is 1390. The van der Waals surface area contributed by atoms with E-state index in [0.717, 1.165) is 47.4 Å². The van der Waals surface area contributed by atoms with E-state index < -0.39 is 0 Å². The van der Waals surface area contributed by atoms with E-state index in [1.807, 2.05) is 51.8 Å². The molecule has 174 valence electrons. The number of benzene rings is 2. The maximum atomic E-state index is 12.8. The van der Waals surface area contributed by atoms with Gasteiger partial charge in [-0.05, 0) is 43.2 Å². The summed E-state index contributed by atoms with van der Waals surface area (Å²) < 4.78 is 7.61. The molecule has 1 amide bonds. The average Bonchev–Trinajstić information content (AvgIpc) is 3.27. The van der Waals surface area contributed by atoms with Crippen LogP contribution in [0.15, 0.2) is 42.5 Å². The second-order valence-electron chi connectivity index (χ2n) is 8.90. The van der Waals surface area contributed by atoms with Gasteiger partial charge in [0.15, 0.2) is 11.5 Å². The summed E-state index contributed by atoms with van der Waals surface area (Å²) in [4.78, 5) is 22.0. The molecule has 2 aromatic heterocycles. The van der Waals surface area contributed by atoms with Crippen LogP contribution in [0.2, 0.25) is 5.02 Å². The van der Waals surface area contributed by atoms with Crippen LogP contribution in [0.5, 0.6) is 5.75 Å². The fourth-order valence-electron chi connectivity index (χ4n) is 4.85. The van der Waals surface area contributed by atoms with E-state index in [0.29, 0.717) is 48.6 Å². The van der Waals surface area contributed by atoms with Crippen LogP contribution >= 0.6 is 11.6 Å². The van der Waals surface area contributed by atoms with Crippen molar-refractivity contribution in [3.05, 3.63) is 47.5 Å². The molecule has 1 saturated heterocycles. The number of halogens is 1. The molecule has 0 N–H and O–H groups in total. The zero-order chi connectivity index (χ0) is 23.2. The summed E-state index contributed by atoms with van der Waals surface area (Å²) in [6.07, 6.45) is 3.21. The normalized spacial score (nSPS) is 16.8. The average molecular weight is 477 g/mol. The number of carbonyl (C=O) groups is 1. The van der Waals surface area contributed by atoms with Crippen LogP contribution in [0.1, 0.15) is 19.3 Å². The molecular formula is C25H25ClN6O2. The van der Waals surface area contributed by atoms with Crippen molar-refractivity contribution in [1.29, 1.82) is 0 Å². The lowest BCUT2D eigenvalue weighted by molar-refractivity contribution is -0.138. The van der Waals surface area contributed by atoms with Crippen molar-refractivity contribution in [2.24, 2.45) is 5.92 Å². The van der Waals surface area contributed by atoms with Crippen molar-refractivity contribution < 1.29 is 9.53 Å². The van der Waals surface area contributed by atoms with Gasteiger partial charge in [0.2, 0.25) is 11.9 Å². The number of anilines is 1. The number of ether oxygens (including phenoxy) is 1. The number of rotatable bonds is 4. The minimum absolute atomic E-state index is 0.217. The Labute approximate surface area is 202 Å². The van der Waals surface area contributed by atoms with Crippen LogP contribution in [0.25, 0.3) is 27.9 Å². The highest BCUT2D eigenvalue weighted by molar-refractivity contribution is 6.31. The van der Waals surface area contributed by atoms with Crippen LogP contribution in [-0.2, 0) is 4.79 Å². The lowest BCUT2D eigenvalue weighted by atomic mass is 9.84. The van der Waals surface area contributed by atoms with Crippen LogP contribution < -0.4 is 9.64 Å². The maximum Gasteiger partial charge on any atom is 0.225 e. The number of hydrogen-bond donors (Lipinski definition) is 0. The monoisotopic (exact) mass is 476 g/mol. The van der Waals surface area contributed by atoms with Gasteiger partial charge in [0, 0.05) is 42.5 Å². The topological polar surface area (TPSA) is 75.9 Å². The Morgan fingerprint density at radius 1 is 1.06 bits per heavy atom.